The van der Waals surface area contributed by atoms with Crippen LogP contribution in [0.2, 0.25) is 0 Å². The number of nitrogens with zero attached hydrogens (tertiary/aromatic N) is 2. The molecule has 3 N–H and O–H groups in total. The molecule has 0 bridgehead atoms. The molecule has 1 unspecified atom stereocenters. The number of carbonyl (C=O) groups is 2. The molecule has 0 fully saturated rings. The zero-order chi connectivity index (χ0) is 31.6. The molecule has 0 saturated heterocycles. The summed E-state index contributed by atoms with van der Waals surface area (Å²) >= 11 is 0. The van der Waals surface area contributed by atoms with E-state index in [0.717, 1.165) is 27.5 Å². The molecule has 6 aromatic rings. The summed E-state index contributed by atoms with van der Waals surface area (Å²) in [4.78, 5) is 29.5. The van der Waals surface area contributed by atoms with E-state index < -0.39 is 23.0 Å². The maximum atomic E-state index is 12.5. The van der Waals surface area contributed by atoms with Crippen molar-refractivity contribution in [2.24, 2.45) is 5.92 Å². The second-order valence-electron chi connectivity index (χ2n) is 11.2. The van der Waals surface area contributed by atoms with Crippen molar-refractivity contribution in [1.82, 2.24) is 14.9 Å². The molecule has 1 amide bonds. The predicted octanol–water partition coefficient (Wildman–Crippen LogP) is 6.19. The average Bonchev–Trinajstić information content (AvgIpc) is 3.59. The Labute approximate surface area is 261 Å². The summed E-state index contributed by atoms with van der Waals surface area (Å²) in [5.41, 5.74) is 1.13. The number of aromatic nitrogens is 2. The van der Waals surface area contributed by atoms with Crippen LogP contribution in [0.4, 0.5) is 0 Å². The first-order valence-corrected chi connectivity index (χ1v) is 14.7. The Balaban J connectivity index is 1.58. The van der Waals surface area contributed by atoms with Crippen molar-refractivity contribution in [2.75, 3.05) is 7.05 Å². The molecule has 7 heteroatoms. The third-order valence-electron chi connectivity index (χ3n) is 8.70. The zero-order valence-electron chi connectivity index (χ0n) is 25.0. The molecule has 0 aliphatic rings. The van der Waals surface area contributed by atoms with Gasteiger partial charge in [-0.15, -0.1) is 0 Å². The van der Waals surface area contributed by atoms with Crippen LogP contribution in [-0.4, -0.2) is 38.7 Å². The second kappa shape index (κ2) is 11.9. The fraction of sp³-hybridized carbons (Fsp3) is 0.132. The Bertz CT molecular complexity index is 1880. The highest BCUT2D eigenvalue weighted by atomic mass is 16.4. The molecular formula is C38H33N3O4. The highest BCUT2D eigenvalue weighted by Gasteiger charge is 2.46. The number of aliphatic carboxylic acids is 1. The normalized spacial score (nSPS) is 13.6. The van der Waals surface area contributed by atoms with E-state index in [-0.39, 0.29) is 11.6 Å². The molecule has 0 saturated carbocycles. The summed E-state index contributed by atoms with van der Waals surface area (Å²) in [5, 5.41) is 26.9. The first kappa shape index (κ1) is 29.5. The standard InChI is InChI=1S/C38H33N3O4/c1-26(36(43)44)38(45,33-21-20-27-22-29(35(42)39-2)19-18-28(27)23-33)34-24-41(25-40-34)37(30-12-6-3-7-13-30,31-14-8-4-9-15-31)32-16-10-5-11-17-32/h3-26,45H,1-2H3,(H,39,42)(H,43,44)/t26?,38-/m0/s1. The maximum Gasteiger partial charge on any atom is 0.309 e. The number of carboxylic acid groups (broad SMARTS) is 1. The summed E-state index contributed by atoms with van der Waals surface area (Å²) in [6, 6.07) is 40.7. The molecule has 0 aliphatic carbocycles. The summed E-state index contributed by atoms with van der Waals surface area (Å²) in [5.74, 6) is -2.62. The van der Waals surface area contributed by atoms with E-state index in [9.17, 15) is 19.8 Å². The molecule has 224 valence electrons. The van der Waals surface area contributed by atoms with E-state index in [1.54, 1.807) is 56.0 Å². The van der Waals surface area contributed by atoms with Gasteiger partial charge in [0.05, 0.1) is 17.9 Å². The van der Waals surface area contributed by atoms with Crippen LogP contribution >= 0.6 is 0 Å². The number of hydrogen-bond donors (Lipinski definition) is 3. The van der Waals surface area contributed by atoms with Gasteiger partial charge in [0.2, 0.25) is 0 Å². The number of rotatable bonds is 9. The molecule has 1 aromatic heterocycles. The first-order chi connectivity index (χ1) is 21.8. The van der Waals surface area contributed by atoms with Crippen LogP contribution in [0.5, 0.6) is 0 Å². The number of nitrogens with one attached hydrogen (secondary N) is 1. The van der Waals surface area contributed by atoms with Crippen molar-refractivity contribution in [3.63, 3.8) is 0 Å². The van der Waals surface area contributed by atoms with Crippen LogP contribution in [0.15, 0.2) is 140 Å². The van der Waals surface area contributed by atoms with Gasteiger partial charge >= 0.3 is 5.97 Å². The first-order valence-electron chi connectivity index (χ1n) is 14.7. The molecule has 0 radical (unpaired) electrons. The fourth-order valence-corrected chi connectivity index (χ4v) is 6.26. The van der Waals surface area contributed by atoms with Gasteiger partial charge in [0, 0.05) is 18.8 Å². The fourth-order valence-electron chi connectivity index (χ4n) is 6.26. The highest BCUT2D eigenvalue weighted by molar-refractivity contribution is 5.98. The molecule has 5 aromatic carbocycles. The minimum atomic E-state index is -1.99. The SMILES string of the molecule is CNC(=O)c1ccc2cc([C@](O)(c3cn(C(c4ccccc4)(c4ccccc4)c4ccccc4)cn3)C(C)C(=O)O)ccc2c1. The maximum absolute atomic E-state index is 12.5. The number of carboxylic acids is 1. The van der Waals surface area contributed by atoms with E-state index in [2.05, 4.69) is 41.7 Å². The Morgan fingerprint density at radius 2 is 1.24 bits per heavy atom. The molecule has 45 heavy (non-hydrogen) atoms. The van der Waals surface area contributed by atoms with Gasteiger partial charge in [0.1, 0.15) is 11.1 Å². The van der Waals surface area contributed by atoms with E-state index >= 15 is 0 Å². The molecule has 7 nitrogen and oxygen atoms in total. The summed E-state index contributed by atoms with van der Waals surface area (Å²) in [7, 11) is 1.57. The summed E-state index contributed by atoms with van der Waals surface area (Å²) in [6.07, 6.45) is 3.42. The van der Waals surface area contributed by atoms with Gasteiger partial charge in [-0.3, -0.25) is 9.59 Å². The van der Waals surface area contributed by atoms with Crippen LogP contribution in [0.3, 0.4) is 0 Å². The van der Waals surface area contributed by atoms with E-state index in [1.807, 2.05) is 59.2 Å². The highest BCUT2D eigenvalue weighted by Crippen LogP contribution is 2.43. The molecule has 0 spiro atoms. The Morgan fingerprint density at radius 1 is 0.733 bits per heavy atom. The molecule has 6 rings (SSSR count). The quantitative estimate of drug-likeness (QED) is 0.173. The van der Waals surface area contributed by atoms with Crippen LogP contribution < -0.4 is 5.32 Å². The lowest BCUT2D eigenvalue weighted by Crippen LogP contribution is -2.40. The largest absolute Gasteiger partial charge is 0.481 e. The van der Waals surface area contributed by atoms with Gasteiger partial charge in [-0.05, 0) is 58.1 Å². The summed E-state index contributed by atoms with van der Waals surface area (Å²) in [6.45, 7) is 1.49. The van der Waals surface area contributed by atoms with E-state index in [4.69, 9.17) is 4.98 Å². The number of benzene rings is 5. The van der Waals surface area contributed by atoms with Gasteiger partial charge in [0.25, 0.3) is 5.91 Å². The third-order valence-corrected chi connectivity index (χ3v) is 8.70. The second-order valence-corrected chi connectivity index (χ2v) is 11.2. The predicted molar refractivity (Wildman–Crippen MR) is 174 cm³/mol. The van der Waals surface area contributed by atoms with E-state index in [1.165, 1.54) is 6.92 Å². The number of carbonyl (C=O) groups excluding carboxylic acids is 1. The lowest BCUT2D eigenvalue weighted by atomic mass is 9.76. The Hall–Kier alpha value is -5.53. The van der Waals surface area contributed by atoms with E-state index in [0.29, 0.717) is 11.1 Å². The van der Waals surface area contributed by atoms with Gasteiger partial charge in [-0.2, -0.15) is 0 Å². The Kier molecular flexibility index (Phi) is 7.79. The minimum absolute atomic E-state index is 0.200. The van der Waals surface area contributed by atoms with Gasteiger partial charge < -0.3 is 20.1 Å². The average molecular weight is 596 g/mol. The minimum Gasteiger partial charge on any atom is -0.481 e. The van der Waals surface area contributed by atoms with Crippen LogP contribution in [0, 0.1) is 5.92 Å². The monoisotopic (exact) mass is 595 g/mol. The van der Waals surface area contributed by atoms with Crippen LogP contribution in [0.25, 0.3) is 10.8 Å². The lowest BCUT2D eigenvalue weighted by molar-refractivity contribution is -0.149. The Morgan fingerprint density at radius 3 is 1.76 bits per heavy atom. The zero-order valence-corrected chi connectivity index (χ0v) is 25.0. The smallest absolute Gasteiger partial charge is 0.309 e. The number of hydrogen-bond acceptors (Lipinski definition) is 4. The van der Waals surface area contributed by atoms with Gasteiger partial charge in [-0.25, -0.2) is 4.98 Å². The van der Waals surface area contributed by atoms with Crippen molar-refractivity contribution < 1.29 is 19.8 Å². The van der Waals surface area contributed by atoms with Gasteiger partial charge in [-0.1, -0.05) is 109 Å². The van der Waals surface area contributed by atoms with Gasteiger partial charge in [0.15, 0.2) is 0 Å². The van der Waals surface area contributed by atoms with Crippen LogP contribution in [0.1, 0.15) is 45.2 Å². The molecule has 0 aliphatic heterocycles. The number of aliphatic hydroxyl groups is 1. The van der Waals surface area contributed by atoms with Crippen molar-refractivity contribution in [2.45, 2.75) is 18.1 Å². The van der Waals surface area contributed by atoms with Crippen molar-refractivity contribution >= 4 is 22.6 Å². The van der Waals surface area contributed by atoms with Crippen LogP contribution in [-0.2, 0) is 15.9 Å². The molecule has 2 atom stereocenters. The topological polar surface area (TPSA) is 104 Å². The number of fused-ring (bicyclic) bond motifs is 1. The number of imidazole rings is 1. The molecule has 1 heterocycles. The van der Waals surface area contributed by atoms with Crippen molar-refractivity contribution in [3.8, 4) is 0 Å². The lowest BCUT2D eigenvalue weighted by Gasteiger charge is -2.37. The number of amides is 1. The molecular weight excluding hydrogens is 562 g/mol. The van der Waals surface area contributed by atoms with Crippen molar-refractivity contribution in [3.05, 3.63) is 173 Å². The summed E-state index contributed by atoms with van der Waals surface area (Å²) < 4.78 is 1.96. The third kappa shape index (κ3) is 4.97. The van der Waals surface area contributed by atoms with Crippen molar-refractivity contribution in [1.29, 1.82) is 0 Å².